The first kappa shape index (κ1) is 21.6. The second-order valence-electron chi connectivity index (χ2n) is 5.58. The fourth-order valence-electron chi connectivity index (χ4n) is 2.07. The van der Waals surface area contributed by atoms with Gasteiger partial charge in [0.1, 0.15) is 17.2 Å². The number of rotatable bonds is 9. The van der Waals surface area contributed by atoms with Gasteiger partial charge in [-0.15, -0.1) is 10.2 Å². The zero-order valence-corrected chi connectivity index (χ0v) is 15.9. The van der Waals surface area contributed by atoms with Gasteiger partial charge in [-0.25, -0.2) is 9.78 Å². The molecule has 0 aliphatic heterocycles. The lowest BCUT2D eigenvalue weighted by Crippen LogP contribution is -2.25. The summed E-state index contributed by atoms with van der Waals surface area (Å²) in [4.78, 5) is 26.9. The topological polar surface area (TPSA) is 166 Å². The van der Waals surface area contributed by atoms with Crippen molar-refractivity contribution in [2.45, 2.75) is 13.3 Å². The number of para-hydroxylation sites is 1. The van der Waals surface area contributed by atoms with E-state index in [0.717, 1.165) is 0 Å². The summed E-state index contributed by atoms with van der Waals surface area (Å²) in [6, 6.07) is 9.97. The lowest BCUT2D eigenvalue weighted by atomic mass is 10.3. The minimum absolute atomic E-state index is 0.0947. The number of carbonyl (C=O) groups is 2. The van der Waals surface area contributed by atoms with E-state index in [1.54, 1.807) is 43.3 Å². The van der Waals surface area contributed by atoms with Gasteiger partial charge in [0.05, 0.1) is 0 Å². The number of benzene rings is 1. The molecule has 0 atom stereocenters. The normalized spacial score (nSPS) is 10.6. The molecule has 0 unspecified atom stereocenters. The number of nitrogens with two attached hydrogens (primary N) is 2. The van der Waals surface area contributed by atoms with Crippen molar-refractivity contribution in [1.29, 1.82) is 0 Å². The summed E-state index contributed by atoms with van der Waals surface area (Å²) in [5, 5.41) is 13.3. The molecule has 0 spiro atoms. The summed E-state index contributed by atoms with van der Waals surface area (Å²) >= 11 is 0. The lowest BCUT2D eigenvalue weighted by molar-refractivity contribution is -0.116. The number of alkyl carbamates (subject to hydrolysis) is 1. The zero-order chi connectivity index (χ0) is 21.1. The van der Waals surface area contributed by atoms with Crippen molar-refractivity contribution in [1.82, 2.24) is 10.3 Å². The van der Waals surface area contributed by atoms with E-state index in [1.165, 1.54) is 0 Å². The molecule has 0 radical (unpaired) electrons. The Hall–Kier alpha value is -3.73. The van der Waals surface area contributed by atoms with E-state index in [2.05, 4.69) is 25.8 Å². The van der Waals surface area contributed by atoms with Gasteiger partial charge in [0.15, 0.2) is 11.6 Å². The van der Waals surface area contributed by atoms with Crippen LogP contribution in [0, 0.1) is 0 Å². The number of pyridine rings is 1. The van der Waals surface area contributed by atoms with E-state index >= 15 is 0 Å². The number of anilines is 2. The van der Waals surface area contributed by atoms with Gasteiger partial charge < -0.3 is 31.6 Å². The predicted octanol–water partition coefficient (Wildman–Crippen LogP) is 2.45. The van der Waals surface area contributed by atoms with Crippen molar-refractivity contribution in [2.24, 2.45) is 16.0 Å². The fraction of sp³-hybridized carbons (Fsp3) is 0.278. The Balaban J connectivity index is 2.04. The number of hydrogen-bond acceptors (Lipinski definition) is 9. The minimum atomic E-state index is -0.580. The maximum absolute atomic E-state index is 11.6. The number of hydrogen-bond donors (Lipinski definition) is 4. The molecule has 29 heavy (non-hydrogen) atoms. The quantitative estimate of drug-likeness (QED) is 0.370. The fourth-order valence-corrected chi connectivity index (χ4v) is 2.07. The highest BCUT2D eigenvalue weighted by Gasteiger charge is 2.07. The number of aromatic nitrogens is 1. The first-order valence-corrected chi connectivity index (χ1v) is 8.84. The summed E-state index contributed by atoms with van der Waals surface area (Å²) in [5.41, 5.74) is 11.9. The van der Waals surface area contributed by atoms with Crippen molar-refractivity contribution in [3.05, 3.63) is 36.4 Å². The molecule has 0 saturated carbocycles. The molecule has 2 amide bonds. The molecule has 0 fully saturated rings. The van der Waals surface area contributed by atoms with Gasteiger partial charge in [-0.3, -0.25) is 4.79 Å². The van der Waals surface area contributed by atoms with Crippen LogP contribution in [0.4, 0.5) is 27.8 Å². The van der Waals surface area contributed by atoms with Crippen LogP contribution in [0.3, 0.4) is 0 Å². The average Bonchev–Trinajstić information content (AvgIpc) is 2.68. The van der Waals surface area contributed by atoms with Crippen LogP contribution < -0.4 is 26.8 Å². The Kier molecular flexibility index (Phi) is 8.32. The van der Waals surface area contributed by atoms with Gasteiger partial charge in [-0.2, -0.15) is 0 Å². The summed E-state index contributed by atoms with van der Waals surface area (Å²) in [6.07, 6.45) is -0.395. The second-order valence-corrected chi connectivity index (χ2v) is 5.58. The van der Waals surface area contributed by atoms with E-state index in [9.17, 15) is 9.59 Å². The molecule has 2 rings (SSSR count). The van der Waals surface area contributed by atoms with Crippen molar-refractivity contribution >= 4 is 35.0 Å². The molecule has 154 valence electrons. The third-order valence-corrected chi connectivity index (χ3v) is 3.40. The largest absolute Gasteiger partial charge is 0.455 e. The molecule has 1 aromatic carbocycles. The number of nitrogens with one attached hydrogen (secondary N) is 2. The van der Waals surface area contributed by atoms with Crippen LogP contribution in [0.15, 0.2) is 46.6 Å². The Morgan fingerprint density at radius 1 is 1.14 bits per heavy atom. The Morgan fingerprint density at radius 2 is 1.90 bits per heavy atom. The third kappa shape index (κ3) is 7.07. The molecule has 11 heteroatoms. The average molecular weight is 401 g/mol. The molecule has 0 aliphatic rings. The highest BCUT2D eigenvalue weighted by atomic mass is 16.7. The SMILES string of the molecule is CCNC(=O)OCOc1ccccc1/N=N/c1ccc(NC(=O)CCN)nc1N. The zero-order valence-electron chi connectivity index (χ0n) is 15.9. The molecule has 1 aromatic heterocycles. The monoisotopic (exact) mass is 401 g/mol. The molecular formula is C18H23N7O4. The molecule has 11 nitrogen and oxygen atoms in total. The third-order valence-electron chi connectivity index (χ3n) is 3.40. The maximum atomic E-state index is 11.6. The van der Waals surface area contributed by atoms with Crippen LogP contribution in [0.25, 0.3) is 0 Å². The predicted molar refractivity (Wildman–Crippen MR) is 107 cm³/mol. The lowest BCUT2D eigenvalue weighted by Gasteiger charge is -2.09. The van der Waals surface area contributed by atoms with Gasteiger partial charge in [0, 0.05) is 19.5 Å². The molecule has 6 N–H and O–H groups in total. The summed E-state index contributed by atoms with van der Waals surface area (Å²) in [7, 11) is 0. The van der Waals surface area contributed by atoms with E-state index in [-0.39, 0.29) is 31.5 Å². The molecule has 0 bridgehead atoms. The number of azo groups is 1. The highest BCUT2D eigenvalue weighted by Crippen LogP contribution is 2.30. The highest BCUT2D eigenvalue weighted by molar-refractivity contribution is 5.90. The van der Waals surface area contributed by atoms with Crippen LogP contribution in [-0.4, -0.2) is 36.9 Å². The summed E-state index contributed by atoms with van der Waals surface area (Å²) in [6.45, 7) is 2.19. The van der Waals surface area contributed by atoms with Crippen LogP contribution >= 0.6 is 0 Å². The van der Waals surface area contributed by atoms with Crippen LogP contribution in [-0.2, 0) is 9.53 Å². The molecule has 0 aliphatic carbocycles. The van der Waals surface area contributed by atoms with Crippen molar-refractivity contribution in [2.75, 3.05) is 30.9 Å². The smallest absolute Gasteiger partial charge is 0.410 e. The van der Waals surface area contributed by atoms with E-state index in [1.807, 2.05) is 0 Å². The standard InChI is InChI=1S/C18H23N7O4/c1-2-21-18(27)29-11-28-14-6-4-3-5-12(14)24-25-13-7-8-15(23-17(13)20)22-16(26)9-10-19/h3-8H,2,9-11,19H2,1H3,(H,21,27)(H3,20,22,23,26)/b25-24+. The molecule has 1 heterocycles. The maximum Gasteiger partial charge on any atom is 0.410 e. The summed E-state index contributed by atoms with van der Waals surface area (Å²) in [5.74, 6) is 0.510. The minimum Gasteiger partial charge on any atom is -0.455 e. The van der Waals surface area contributed by atoms with Crippen molar-refractivity contribution in [3.8, 4) is 5.75 Å². The van der Waals surface area contributed by atoms with Crippen LogP contribution in [0.2, 0.25) is 0 Å². The number of amides is 2. The van der Waals surface area contributed by atoms with E-state index in [0.29, 0.717) is 29.5 Å². The summed E-state index contributed by atoms with van der Waals surface area (Å²) < 4.78 is 10.3. The number of ether oxygens (including phenoxy) is 2. The van der Waals surface area contributed by atoms with Gasteiger partial charge in [-0.1, -0.05) is 12.1 Å². The first-order valence-electron chi connectivity index (χ1n) is 8.84. The number of nitrogens with zero attached hydrogens (tertiary/aromatic N) is 3. The van der Waals surface area contributed by atoms with E-state index in [4.69, 9.17) is 20.9 Å². The molecule has 2 aromatic rings. The van der Waals surface area contributed by atoms with Crippen molar-refractivity contribution in [3.63, 3.8) is 0 Å². The van der Waals surface area contributed by atoms with Gasteiger partial charge in [-0.05, 0) is 31.2 Å². The molecule has 0 saturated heterocycles. The Bertz CT molecular complexity index is 873. The van der Waals surface area contributed by atoms with Gasteiger partial charge in [0.2, 0.25) is 12.7 Å². The van der Waals surface area contributed by atoms with Crippen molar-refractivity contribution < 1.29 is 19.1 Å². The Labute approximate surface area is 167 Å². The second kappa shape index (κ2) is 11.2. The van der Waals surface area contributed by atoms with E-state index < -0.39 is 6.09 Å². The number of nitrogen functional groups attached to an aromatic ring is 1. The molecular weight excluding hydrogens is 378 g/mol. The number of carbonyl (C=O) groups excluding carboxylic acids is 2. The van der Waals surface area contributed by atoms with Crippen LogP contribution in [0.5, 0.6) is 5.75 Å². The van der Waals surface area contributed by atoms with Gasteiger partial charge >= 0.3 is 6.09 Å². The van der Waals surface area contributed by atoms with Gasteiger partial charge in [0.25, 0.3) is 0 Å². The Morgan fingerprint density at radius 3 is 2.62 bits per heavy atom. The van der Waals surface area contributed by atoms with Crippen LogP contribution in [0.1, 0.15) is 13.3 Å². The first-order chi connectivity index (χ1) is 14.0.